The van der Waals surface area contributed by atoms with Crippen LogP contribution in [-0.4, -0.2) is 23.4 Å². The molecule has 0 radical (unpaired) electrons. The summed E-state index contributed by atoms with van der Waals surface area (Å²) in [5.41, 5.74) is 9.24. The van der Waals surface area contributed by atoms with E-state index in [4.69, 9.17) is 0 Å². The largest absolute Gasteiger partial charge is 0.396 e. The van der Waals surface area contributed by atoms with Gasteiger partial charge in [0, 0.05) is 19.1 Å². The van der Waals surface area contributed by atoms with Crippen molar-refractivity contribution < 1.29 is 10.2 Å². The fourth-order valence-corrected chi connectivity index (χ4v) is 4.50. The van der Waals surface area contributed by atoms with Gasteiger partial charge in [0.25, 0.3) is 0 Å². The Morgan fingerprint density at radius 3 is 1.82 bits per heavy atom. The molecule has 3 aromatic carbocycles. The van der Waals surface area contributed by atoms with E-state index in [1.54, 1.807) is 0 Å². The molecule has 0 aliphatic heterocycles. The molecule has 3 rings (SSSR count). The Labute approximate surface area is 200 Å². The van der Waals surface area contributed by atoms with Crippen LogP contribution in [0.5, 0.6) is 0 Å². The molecule has 0 saturated heterocycles. The summed E-state index contributed by atoms with van der Waals surface area (Å²) >= 11 is 0. The van der Waals surface area contributed by atoms with Crippen LogP contribution in [0.1, 0.15) is 62.6 Å². The van der Waals surface area contributed by atoms with Crippen LogP contribution in [-0.2, 0) is 19.3 Å². The Kier molecular flexibility index (Phi) is 10.2. The summed E-state index contributed by atoms with van der Waals surface area (Å²) < 4.78 is 0. The molecule has 0 fully saturated rings. The van der Waals surface area contributed by atoms with Crippen LogP contribution in [0.15, 0.2) is 66.7 Å². The molecule has 0 amide bonds. The standard InChI is InChI=1S/C31H40O2/c1-3-5-6-8-24-11-14-28(15-12-24)29-16-18-30(19-17-29)31-20-13-25(21-27(31)4-2)9-7-10-26(22-32)23-33/h11-21,26,32-33H,3-10,22-23H2,1-2H3. The first-order valence-corrected chi connectivity index (χ1v) is 12.7. The van der Waals surface area contributed by atoms with E-state index in [0.717, 1.165) is 25.7 Å². The van der Waals surface area contributed by atoms with Crippen molar-refractivity contribution in [1.29, 1.82) is 0 Å². The van der Waals surface area contributed by atoms with E-state index in [1.807, 2.05) is 0 Å². The minimum Gasteiger partial charge on any atom is -0.396 e. The van der Waals surface area contributed by atoms with E-state index in [0.29, 0.717) is 0 Å². The van der Waals surface area contributed by atoms with Gasteiger partial charge in [0.05, 0.1) is 0 Å². The molecule has 0 spiro atoms. The van der Waals surface area contributed by atoms with E-state index in [9.17, 15) is 10.2 Å². The third-order valence-corrected chi connectivity index (χ3v) is 6.70. The van der Waals surface area contributed by atoms with Gasteiger partial charge in [-0.05, 0) is 77.5 Å². The van der Waals surface area contributed by atoms with Gasteiger partial charge in [-0.2, -0.15) is 0 Å². The fourth-order valence-electron chi connectivity index (χ4n) is 4.50. The van der Waals surface area contributed by atoms with E-state index >= 15 is 0 Å². The molecule has 0 heterocycles. The molecule has 176 valence electrons. The Hall–Kier alpha value is -2.42. The summed E-state index contributed by atoms with van der Waals surface area (Å²) in [6.45, 7) is 4.59. The number of hydrogen-bond donors (Lipinski definition) is 2. The van der Waals surface area contributed by atoms with Crippen LogP contribution >= 0.6 is 0 Å². The first-order chi connectivity index (χ1) is 16.2. The van der Waals surface area contributed by atoms with Crippen LogP contribution in [0.4, 0.5) is 0 Å². The monoisotopic (exact) mass is 444 g/mol. The molecule has 0 saturated carbocycles. The van der Waals surface area contributed by atoms with Gasteiger partial charge in [0.2, 0.25) is 0 Å². The highest BCUT2D eigenvalue weighted by atomic mass is 16.3. The average Bonchev–Trinajstić information content (AvgIpc) is 2.87. The van der Waals surface area contributed by atoms with Gasteiger partial charge in [-0.3, -0.25) is 0 Å². The lowest BCUT2D eigenvalue weighted by Gasteiger charge is -2.13. The van der Waals surface area contributed by atoms with Crippen molar-refractivity contribution in [2.24, 2.45) is 5.92 Å². The summed E-state index contributed by atoms with van der Waals surface area (Å²) in [5, 5.41) is 18.5. The van der Waals surface area contributed by atoms with Crippen LogP contribution in [0.25, 0.3) is 22.3 Å². The number of aliphatic hydroxyl groups excluding tert-OH is 2. The van der Waals surface area contributed by atoms with Crippen molar-refractivity contribution in [1.82, 2.24) is 0 Å². The molecule has 0 aliphatic rings. The first kappa shape index (κ1) is 25.2. The second kappa shape index (κ2) is 13.3. The molecular formula is C31H40O2. The highest BCUT2D eigenvalue weighted by Crippen LogP contribution is 2.29. The van der Waals surface area contributed by atoms with E-state index in [-0.39, 0.29) is 19.1 Å². The topological polar surface area (TPSA) is 40.5 Å². The Morgan fingerprint density at radius 1 is 0.636 bits per heavy atom. The number of unbranched alkanes of at least 4 members (excludes halogenated alkanes) is 2. The Balaban J connectivity index is 1.67. The molecule has 2 N–H and O–H groups in total. The zero-order valence-electron chi connectivity index (χ0n) is 20.4. The van der Waals surface area contributed by atoms with E-state index in [1.165, 1.54) is 64.6 Å². The highest BCUT2D eigenvalue weighted by Gasteiger charge is 2.09. The quantitative estimate of drug-likeness (QED) is 0.273. The summed E-state index contributed by atoms with van der Waals surface area (Å²) in [7, 11) is 0. The molecule has 2 nitrogen and oxygen atoms in total. The number of rotatable bonds is 13. The molecule has 0 aliphatic carbocycles. The second-order valence-electron chi connectivity index (χ2n) is 9.20. The summed E-state index contributed by atoms with van der Waals surface area (Å²) in [6, 6.07) is 24.8. The minimum absolute atomic E-state index is 0.00527. The number of aryl methyl sites for hydroxylation is 3. The predicted molar refractivity (Wildman–Crippen MR) is 141 cm³/mol. The van der Waals surface area contributed by atoms with Crippen LogP contribution in [0.3, 0.4) is 0 Å². The van der Waals surface area contributed by atoms with Gasteiger partial charge in [0.15, 0.2) is 0 Å². The third kappa shape index (κ3) is 7.28. The summed E-state index contributed by atoms with van der Waals surface area (Å²) in [5.74, 6) is 0.00527. The van der Waals surface area contributed by atoms with Gasteiger partial charge in [-0.25, -0.2) is 0 Å². The lowest BCUT2D eigenvalue weighted by atomic mass is 9.92. The van der Waals surface area contributed by atoms with Gasteiger partial charge in [0.1, 0.15) is 0 Å². The van der Waals surface area contributed by atoms with Crippen molar-refractivity contribution in [3.8, 4) is 22.3 Å². The maximum Gasteiger partial charge on any atom is 0.0481 e. The molecule has 0 aromatic heterocycles. The van der Waals surface area contributed by atoms with Gasteiger partial charge in [-0.15, -0.1) is 0 Å². The normalized spacial score (nSPS) is 11.3. The van der Waals surface area contributed by atoms with Crippen molar-refractivity contribution in [2.75, 3.05) is 13.2 Å². The zero-order chi connectivity index (χ0) is 23.5. The molecular weight excluding hydrogens is 404 g/mol. The Morgan fingerprint density at radius 2 is 1.21 bits per heavy atom. The highest BCUT2D eigenvalue weighted by molar-refractivity contribution is 5.72. The number of benzene rings is 3. The zero-order valence-corrected chi connectivity index (χ0v) is 20.4. The smallest absolute Gasteiger partial charge is 0.0481 e. The maximum absolute atomic E-state index is 9.25. The molecule has 0 atom stereocenters. The molecule has 33 heavy (non-hydrogen) atoms. The second-order valence-corrected chi connectivity index (χ2v) is 9.20. The Bertz CT molecular complexity index is 953. The first-order valence-electron chi connectivity index (χ1n) is 12.7. The molecule has 0 bridgehead atoms. The molecule has 3 aromatic rings. The fraction of sp³-hybridized carbons (Fsp3) is 0.419. The lowest BCUT2D eigenvalue weighted by molar-refractivity contribution is 0.142. The number of hydrogen-bond acceptors (Lipinski definition) is 2. The summed E-state index contributed by atoms with van der Waals surface area (Å²) in [4.78, 5) is 0. The van der Waals surface area contributed by atoms with Crippen molar-refractivity contribution in [3.63, 3.8) is 0 Å². The SMILES string of the molecule is CCCCCc1ccc(-c2ccc(-c3ccc(CCCC(CO)CO)cc3CC)cc2)cc1. The maximum atomic E-state index is 9.25. The van der Waals surface area contributed by atoms with Crippen molar-refractivity contribution in [3.05, 3.63) is 83.4 Å². The average molecular weight is 445 g/mol. The van der Waals surface area contributed by atoms with Gasteiger partial charge >= 0.3 is 0 Å². The van der Waals surface area contributed by atoms with E-state index in [2.05, 4.69) is 80.6 Å². The van der Waals surface area contributed by atoms with Crippen LogP contribution in [0.2, 0.25) is 0 Å². The van der Waals surface area contributed by atoms with Crippen molar-refractivity contribution >= 4 is 0 Å². The number of aliphatic hydroxyl groups is 2. The van der Waals surface area contributed by atoms with Crippen molar-refractivity contribution in [2.45, 2.75) is 65.2 Å². The predicted octanol–water partition coefficient (Wildman–Crippen LogP) is 7.24. The third-order valence-electron chi connectivity index (χ3n) is 6.70. The van der Waals surface area contributed by atoms with Gasteiger partial charge in [-0.1, -0.05) is 93.4 Å². The van der Waals surface area contributed by atoms with Gasteiger partial charge < -0.3 is 10.2 Å². The minimum atomic E-state index is 0.00527. The van der Waals surface area contributed by atoms with E-state index < -0.39 is 0 Å². The molecule has 0 unspecified atom stereocenters. The van der Waals surface area contributed by atoms with Crippen LogP contribution < -0.4 is 0 Å². The molecule has 2 heteroatoms. The lowest BCUT2D eigenvalue weighted by Crippen LogP contribution is -2.11. The summed E-state index contributed by atoms with van der Waals surface area (Å²) in [6.07, 6.45) is 8.84. The van der Waals surface area contributed by atoms with Crippen LogP contribution in [0, 0.1) is 5.92 Å².